The smallest absolute Gasteiger partial charge is 0.0998 e. The van der Waals surface area contributed by atoms with Crippen molar-refractivity contribution in [2.24, 2.45) is 0 Å². The van der Waals surface area contributed by atoms with Crippen LogP contribution in [0, 0.1) is 0 Å². The summed E-state index contributed by atoms with van der Waals surface area (Å²) in [6.07, 6.45) is 7.29. The van der Waals surface area contributed by atoms with E-state index in [-0.39, 0.29) is 0 Å². The summed E-state index contributed by atoms with van der Waals surface area (Å²) in [6, 6.07) is 0.993. The first-order valence-corrected chi connectivity index (χ1v) is 8.41. The first-order valence-electron chi connectivity index (χ1n) is 8.41. The predicted molar refractivity (Wildman–Crippen MR) is 78.5 cm³/mol. The monoisotopic (exact) mass is 254 g/mol. The molecule has 0 bridgehead atoms. The van der Waals surface area contributed by atoms with E-state index in [2.05, 4.69) is 20.8 Å². The molecule has 2 heterocycles. The van der Waals surface area contributed by atoms with E-state index < -0.39 is 0 Å². The Balaban J connectivity index is 1.96. The molecule has 0 aromatic carbocycles. The van der Waals surface area contributed by atoms with Crippen LogP contribution in [0.1, 0.15) is 52.9 Å². The second-order valence-electron chi connectivity index (χ2n) is 6.75. The van der Waals surface area contributed by atoms with Crippen molar-refractivity contribution in [2.75, 3.05) is 45.8 Å². The molecular formula is C16H34N2+2. The fourth-order valence-corrected chi connectivity index (χ4v) is 4.73. The van der Waals surface area contributed by atoms with Gasteiger partial charge in [0.2, 0.25) is 0 Å². The average molecular weight is 254 g/mol. The number of piperidine rings is 1. The summed E-state index contributed by atoms with van der Waals surface area (Å²) in [7, 11) is 0. The number of nitrogens with zero attached hydrogens (tertiary/aromatic N) is 2. The van der Waals surface area contributed by atoms with Crippen LogP contribution in [-0.4, -0.2) is 60.8 Å². The molecular weight excluding hydrogens is 220 g/mol. The Bertz CT molecular complexity index is 248. The van der Waals surface area contributed by atoms with Crippen molar-refractivity contribution < 1.29 is 8.97 Å². The van der Waals surface area contributed by atoms with Crippen molar-refractivity contribution >= 4 is 0 Å². The number of hydrogen-bond acceptors (Lipinski definition) is 0. The van der Waals surface area contributed by atoms with E-state index in [1.165, 1.54) is 86.9 Å². The van der Waals surface area contributed by atoms with Crippen LogP contribution in [0.15, 0.2) is 0 Å². The summed E-state index contributed by atoms with van der Waals surface area (Å²) >= 11 is 0. The minimum atomic E-state index is 0.993. The minimum Gasteiger partial charge on any atom is -0.323 e. The molecule has 2 aliphatic rings. The first kappa shape index (κ1) is 14.3. The molecule has 0 unspecified atom stereocenters. The van der Waals surface area contributed by atoms with Gasteiger partial charge in [-0.05, 0) is 20.3 Å². The average Bonchev–Trinajstić information content (AvgIpc) is 2.90. The van der Waals surface area contributed by atoms with Crippen LogP contribution in [0.3, 0.4) is 0 Å². The van der Waals surface area contributed by atoms with Crippen LogP contribution in [0.4, 0.5) is 0 Å². The zero-order valence-corrected chi connectivity index (χ0v) is 13.0. The van der Waals surface area contributed by atoms with Gasteiger partial charge in [-0.1, -0.05) is 6.92 Å². The van der Waals surface area contributed by atoms with Crippen molar-refractivity contribution in [3.8, 4) is 0 Å². The topological polar surface area (TPSA) is 0 Å². The SMILES string of the molecule is CCC[N+]1(CC)CCC([N+]2(CC)CCCC2)CC1. The molecule has 0 spiro atoms. The number of rotatable bonds is 5. The quantitative estimate of drug-likeness (QED) is 0.662. The Morgan fingerprint density at radius 1 is 0.833 bits per heavy atom. The second-order valence-corrected chi connectivity index (χ2v) is 6.75. The van der Waals surface area contributed by atoms with Crippen LogP contribution in [0.25, 0.3) is 0 Å². The second kappa shape index (κ2) is 5.92. The molecule has 0 N–H and O–H groups in total. The van der Waals surface area contributed by atoms with E-state index in [0.29, 0.717) is 0 Å². The highest BCUT2D eigenvalue weighted by molar-refractivity contribution is 4.70. The van der Waals surface area contributed by atoms with Gasteiger partial charge in [0, 0.05) is 25.7 Å². The van der Waals surface area contributed by atoms with E-state index in [1.807, 2.05) is 0 Å². The Morgan fingerprint density at radius 3 is 1.89 bits per heavy atom. The van der Waals surface area contributed by atoms with Gasteiger partial charge in [-0.15, -0.1) is 0 Å². The van der Waals surface area contributed by atoms with Crippen LogP contribution < -0.4 is 0 Å². The zero-order valence-electron chi connectivity index (χ0n) is 13.0. The third-order valence-corrected chi connectivity index (χ3v) is 6.10. The maximum absolute atomic E-state index is 2.42. The maximum Gasteiger partial charge on any atom is 0.0998 e. The van der Waals surface area contributed by atoms with Crippen LogP contribution in [0.2, 0.25) is 0 Å². The standard InChI is InChI=1S/C16H34N2/c1-4-11-17(5-2)14-9-16(10-15-17)18(6-3)12-7-8-13-18/h16H,4-15H2,1-3H3/q+2. The first-order chi connectivity index (χ1) is 8.70. The van der Waals surface area contributed by atoms with E-state index >= 15 is 0 Å². The Hall–Kier alpha value is -0.0800. The predicted octanol–water partition coefficient (Wildman–Crippen LogP) is 3.03. The lowest BCUT2D eigenvalue weighted by molar-refractivity contribution is -0.973. The molecule has 0 atom stereocenters. The molecule has 0 amide bonds. The molecule has 106 valence electrons. The molecule has 2 aliphatic heterocycles. The molecule has 2 rings (SSSR count). The summed E-state index contributed by atoms with van der Waals surface area (Å²) in [4.78, 5) is 0. The third-order valence-electron chi connectivity index (χ3n) is 6.10. The lowest BCUT2D eigenvalue weighted by Gasteiger charge is -2.48. The molecule has 2 saturated heterocycles. The van der Waals surface area contributed by atoms with Gasteiger partial charge in [0.25, 0.3) is 0 Å². The summed E-state index contributed by atoms with van der Waals surface area (Å²) in [5, 5.41) is 0. The lowest BCUT2D eigenvalue weighted by Crippen LogP contribution is -2.62. The molecule has 18 heavy (non-hydrogen) atoms. The van der Waals surface area contributed by atoms with Gasteiger partial charge in [-0.2, -0.15) is 0 Å². The molecule has 2 fully saturated rings. The minimum absolute atomic E-state index is 0.993. The van der Waals surface area contributed by atoms with Gasteiger partial charge in [-0.25, -0.2) is 0 Å². The molecule has 0 aromatic heterocycles. The Kier molecular flexibility index (Phi) is 4.71. The number of likely N-dealkylation sites (tertiary alicyclic amines) is 2. The van der Waals surface area contributed by atoms with Gasteiger partial charge in [0.1, 0.15) is 0 Å². The summed E-state index contributed by atoms with van der Waals surface area (Å²) in [6.45, 7) is 17.2. The molecule has 0 aliphatic carbocycles. The van der Waals surface area contributed by atoms with Crippen LogP contribution in [0.5, 0.6) is 0 Å². The summed E-state index contributed by atoms with van der Waals surface area (Å²) < 4.78 is 2.88. The van der Waals surface area contributed by atoms with Crippen molar-refractivity contribution in [1.29, 1.82) is 0 Å². The fourth-order valence-electron chi connectivity index (χ4n) is 4.73. The highest BCUT2D eigenvalue weighted by atomic mass is 15.4. The van der Waals surface area contributed by atoms with Crippen LogP contribution >= 0.6 is 0 Å². The van der Waals surface area contributed by atoms with E-state index in [9.17, 15) is 0 Å². The Morgan fingerprint density at radius 2 is 1.44 bits per heavy atom. The largest absolute Gasteiger partial charge is 0.323 e. The normalized spacial score (nSPS) is 35.8. The van der Waals surface area contributed by atoms with Gasteiger partial charge >= 0.3 is 0 Å². The van der Waals surface area contributed by atoms with Crippen molar-refractivity contribution in [1.82, 2.24) is 0 Å². The molecule has 0 saturated carbocycles. The highest BCUT2D eigenvalue weighted by Gasteiger charge is 2.43. The van der Waals surface area contributed by atoms with Crippen molar-refractivity contribution in [2.45, 2.75) is 58.9 Å². The number of quaternary nitrogens is 2. The van der Waals surface area contributed by atoms with Gasteiger partial charge < -0.3 is 8.97 Å². The van der Waals surface area contributed by atoms with Gasteiger partial charge in [0.05, 0.1) is 51.9 Å². The maximum atomic E-state index is 2.42. The van der Waals surface area contributed by atoms with Crippen molar-refractivity contribution in [3.05, 3.63) is 0 Å². The molecule has 2 heteroatoms. The van der Waals surface area contributed by atoms with E-state index in [4.69, 9.17) is 0 Å². The summed E-state index contributed by atoms with van der Waals surface area (Å²) in [5.41, 5.74) is 0. The van der Waals surface area contributed by atoms with Gasteiger partial charge in [-0.3, -0.25) is 0 Å². The van der Waals surface area contributed by atoms with Crippen LogP contribution in [-0.2, 0) is 0 Å². The molecule has 2 nitrogen and oxygen atoms in total. The summed E-state index contributed by atoms with van der Waals surface area (Å²) in [5.74, 6) is 0. The van der Waals surface area contributed by atoms with Gasteiger partial charge in [0.15, 0.2) is 0 Å². The Labute approximate surface area is 114 Å². The fraction of sp³-hybridized carbons (Fsp3) is 1.00. The molecule has 0 aromatic rings. The third kappa shape index (κ3) is 2.60. The van der Waals surface area contributed by atoms with Crippen molar-refractivity contribution in [3.63, 3.8) is 0 Å². The lowest BCUT2D eigenvalue weighted by atomic mass is 9.97. The zero-order chi connectivity index (χ0) is 13.1. The highest BCUT2D eigenvalue weighted by Crippen LogP contribution is 2.32. The van der Waals surface area contributed by atoms with E-state index in [0.717, 1.165) is 6.04 Å². The number of hydrogen-bond donors (Lipinski definition) is 0. The molecule has 0 radical (unpaired) electrons. The van der Waals surface area contributed by atoms with E-state index in [1.54, 1.807) is 0 Å².